The Morgan fingerprint density at radius 1 is 1.05 bits per heavy atom. The highest BCUT2D eigenvalue weighted by molar-refractivity contribution is 5.17. The molecule has 0 heterocycles. The number of hydrogen-bond acceptors (Lipinski definition) is 2. The molecule has 0 radical (unpaired) electrons. The third-order valence-corrected chi connectivity index (χ3v) is 8.15. The zero-order valence-electron chi connectivity index (χ0n) is 13.6. The maximum atomic E-state index is 10.9. The number of nitrogens with zero attached hydrogens (tertiary/aromatic N) is 1. The first-order valence-electron chi connectivity index (χ1n) is 9.11. The van der Waals surface area contributed by atoms with Gasteiger partial charge in [-0.1, -0.05) is 26.3 Å². The van der Waals surface area contributed by atoms with E-state index in [-0.39, 0.29) is 0 Å². The van der Waals surface area contributed by atoms with Crippen LogP contribution >= 0.6 is 0 Å². The summed E-state index contributed by atoms with van der Waals surface area (Å²) in [6, 6.07) is 0. The minimum atomic E-state index is 0.445. The highest BCUT2D eigenvalue weighted by Crippen LogP contribution is 2.65. The van der Waals surface area contributed by atoms with Gasteiger partial charge in [-0.05, 0) is 91.0 Å². The lowest BCUT2D eigenvalue weighted by Crippen LogP contribution is -2.51. The van der Waals surface area contributed by atoms with Gasteiger partial charge in [-0.3, -0.25) is 0 Å². The molecule has 3 saturated carbocycles. The van der Waals surface area contributed by atoms with Gasteiger partial charge in [0.25, 0.3) is 0 Å². The molecule has 0 bridgehead atoms. The predicted molar refractivity (Wildman–Crippen MR) is 85.6 cm³/mol. The zero-order valence-corrected chi connectivity index (χ0v) is 13.6. The van der Waals surface area contributed by atoms with E-state index in [1.54, 1.807) is 0 Å². The highest BCUT2D eigenvalue weighted by atomic mass is 16.3. The zero-order chi connectivity index (χ0) is 14.7. The van der Waals surface area contributed by atoms with Crippen molar-refractivity contribution in [2.45, 2.75) is 71.6 Å². The van der Waals surface area contributed by atoms with Crippen LogP contribution in [0, 0.1) is 39.4 Å². The summed E-state index contributed by atoms with van der Waals surface area (Å²) >= 11 is 0. The SMILES string of the molecule is C[C@@]12CCC[C@H]1[C@@H]1CCC3C=C(N=O)CC[C@]3(C)[C@H]1CC2. The van der Waals surface area contributed by atoms with Crippen molar-refractivity contribution in [3.63, 3.8) is 0 Å². The van der Waals surface area contributed by atoms with Crippen LogP contribution in [0.15, 0.2) is 16.9 Å². The Bertz CT molecular complexity index is 484. The van der Waals surface area contributed by atoms with Gasteiger partial charge in [0.2, 0.25) is 0 Å². The molecule has 3 fully saturated rings. The van der Waals surface area contributed by atoms with Gasteiger partial charge in [0.1, 0.15) is 0 Å². The van der Waals surface area contributed by atoms with Crippen molar-refractivity contribution in [3.05, 3.63) is 16.7 Å². The number of rotatable bonds is 1. The van der Waals surface area contributed by atoms with E-state index in [2.05, 4.69) is 25.1 Å². The Morgan fingerprint density at radius 3 is 2.71 bits per heavy atom. The van der Waals surface area contributed by atoms with E-state index in [1.807, 2.05) is 0 Å². The van der Waals surface area contributed by atoms with Gasteiger partial charge in [0, 0.05) is 0 Å². The van der Waals surface area contributed by atoms with Crippen LogP contribution < -0.4 is 0 Å². The second kappa shape index (κ2) is 4.67. The molecule has 0 amide bonds. The van der Waals surface area contributed by atoms with Crippen molar-refractivity contribution in [1.29, 1.82) is 0 Å². The molecule has 0 aromatic carbocycles. The summed E-state index contributed by atoms with van der Waals surface area (Å²) in [5, 5.41) is 3.25. The van der Waals surface area contributed by atoms with Crippen molar-refractivity contribution in [2.75, 3.05) is 0 Å². The Morgan fingerprint density at radius 2 is 1.90 bits per heavy atom. The highest BCUT2D eigenvalue weighted by Gasteiger charge is 2.56. The first-order valence-corrected chi connectivity index (χ1v) is 9.11. The molecular formula is C19H29NO. The van der Waals surface area contributed by atoms with E-state index in [1.165, 1.54) is 51.4 Å². The summed E-state index contributed by atoms with van der Waals surface area (Å²) in [4.78, 5) is 10.9. The first kappa shape index (κ1) is 14.0. The van der Waals surface area contributed by atoms with Gasteiger partial charge in [0.05, 0.1) is 5.70 Å². The normalized spacial score (nSPS) is 52.4. The Balaban J connectivity index is 1.65. The topological polar surface area (TPSA) is 29.4 Å². The van der Waals surface area contributed by atoms with E-state index in [0.717, 1.165) is 29.9 Å². The summed E-state index contributed by atoms with van der Waals surface area (Å²) in [5.41, 5.74) is 1.93. The first-order chi connectivity index (χ1) is 10.1. The third kappa shape index (κ3) is 1.90. The van der Waals surface area contributed by atoms with E-state index in [0.29, 0.717) is 16.7 Å². The smallest absolute Gasteiger partial charge is 0.0812 e. The van der Waals surface area contributed by atoms with Crippen LogP contribution in [-0.4, -0.2) is 0 Å². The van der Waals surface area contributed by atoms with Crippen molar-refractivity contribution in [1.82, 2.24) is 0 Å². The Kier molecular flexibility index (Phi) is 3.10. The number of fused-ring (bicyclic) bond motifs is 5. The van der Waals surface area contributed by atoms with Gasteiger partial charge >= 0.3 is 0 Å². The lowest BCUT2D eigenvalue weighted by atomic mass is 9.46. The van der Waals surface area contributed by atoms with E-state index >= 15 is 0 Å². The van der Waals surface area contributed by atoms with Crippen molar-refractivity contribution in [3.8, 4) is 0 Å². The van der Waals surface area contributed by atoms with Crippen molar-refractivity contribution >= 4 is 0 Å². The molecular weight excluding hydrogens is 258 g/mol. The summed E-state index contributed by atoms with van der Waals surface area (Å²) in [6.45, 7) is 5.11. The molecule has 21 heavy (non-hydrogen) atoms. The van der Waals surface area contributed by atoms with Crippen LogP contribution in [0.4, 0.5) is 0 Å². The average molecular weight is 287 g/mol. The molecule has 4 aliphatic rings. The predicted octanol–water partition coefficient (Wildman–Crippen LogP) is 5.68. The minimum Gasteiger partial charge on any atom is -0.145 e. The molecule has 4 rings (SSSR count). The van der Waals surface area contributed by atoms with Gasteiger partial charge in [-0.25, -0.2) is 0 Å². The maximum absolute atomic E-state index is 10.9. The van der Waals surface area contributed by atoms with Gasteiger partial charge in [-0.15, -0.1) is 4.91 Å². The van der Waals surface area contributed by atoms with Crippen LogP contribution in [0.5, 0.6) is 0 Å². The summed E-state index contributed by atoms with van der Waals surface area (Å²) < 4.78 is 0. The number of allylic oxidation sites excluding steroid dienone is 2. The second-order valence-corrected chi connectivity index (χ2v) is 8.90. The van der Waals surface area contributed by atoms with Crippen molar-refractivity contribution < 1.29 is 0 Å². The molecule has 2 heteroatoms. The lowest BCUT2D eigenvalue weighted by molar-refractivity contribution is -0.0817. The van der Waals surface area contributed by atoms with Crippen LogP contribution in [0.25, 0.3) is 0 Å². The maximum Gasteiger partial charge on any atom is 0.0812 e. The average Bonchev–Trinajstić information content (AvgIpc) is 2.88. The molecule has 6 atom stereocenters. The quantitative estimate of drug-likeness (QED) is 0.570. The van der Waals surface area contributed by atoms with Gasteiger partial charge < -0.3 is 0 Å². The monoisotopic (exact) mass is 287 g/mol. The molecule has 0 aromatic rings. The molecule has 1 unspecified atom stereocenters. The Hall–Kier alpha value is -0.660. The van der Waals surface area contributed by atoms with Crippen molar-refractivity contribution in [2.24, 2.45) is 39.7 Å². The van der Waals surface area contributed by atoms with Gasteiger partial charge in [-0.2, -0.15) is 0 Å². The van der Waals surface area contributed by atoms with Crippen LogP contribution in [0.1, 0.15) is 71.6 Å². The number of hydrogen-bond donors (Lipinski definition) is 0. The minimum absolute atomic E-state index is 0.445. The largest absolute Gasteiger partial charge is 0.145 e. The molecule has 0 spiro atoms. The standard InChI is InChI=1S/C19H29NO/c1-18-9-3-4-16(18)15-6-5-13-12-14(20-21)7-11-19(13,2)17(15)8-10-18/h12-13,15-17H,3-11H2,1-2H3/t13?,15-,16-,17-,18-,19-/m0/s1. The summed E-state index contributed by atoms with van der Waals surface area (Å²) in [5.74, 6) is 3.47. The fourth-order valence-corrected chi connectivity index (χ4v) is 6.91. The fraction of sp³-hybridized carbons (Fsp3) is 0.895. The second-order valence-electron chi connectivity index (χ2n) is 8.90. The number of nitroso groups, excluding NO2 is 1. The van der Waals surface area contributed by atoms with Crippen LogP contribution in [0.3, 0.4) is 0 Å². The van der Waals surface area contributed by atoms with Gasteiger partial charge in [0.15, 0.2) is 0 Å². The third-order valence-electron chi connectivity index (χ3n) is 8.15. The molecule has 116 valence electrons. The Labute approximate surface area is 128 Å². The molecule has 0 saturated heterocycles. The molecule has 2 nitrogen and oxygen atoms in total. The van der Waals surface area contributed by atoms with E-state index < -0.39 is 0 Å². The lowest BCUT2D eigenvalue weighted by Gasteiger charge is -2.59. The summed E-state index contributed by atoms with van der Waals surface area (Å²) in [7, 11) is 0. The molecule has 4 aliphatic carbocycles. The molecule has 0 aliphatic heterocycles. The molecule has 0 aromatic heterocycles. The fourth-order valence-electron chi connectivity index (χ4n) is 6.91. The van der Waals surface area contributed by atoms with Crippen LogP contribution in [-0.2, 0) is 0 Å². The summed E-state index contributed by atoms with van der Waals surface area (Å²) in [6.07, 6.45) is 14.3. The van der Waals surface area contributed by atoms with Crippen LogP contribution in [0.2, 0.25) is 0 Å². The van der Waals surface area contributed by atoms with E-state index in [9.17, 15) is 4.91 Å². The molecule has 0 N–H and O–H groups in total. The van der Waals surface area contributed by atoms with E-state index in [4.69, 9.17) is 0 Å².